The minimum absolute atomic E-state index is 0.145. The number of fused-ring (bicyclic) bond motifs is 5. The van der Waals surface area contributed by atoms with E-state index in [4.69, 9.17) is 27.6 Å². The summed E-state index contributed by atoms with van der Waals surface area (Å²) in [6.07, 6.45) is 5.11. The van der Waals surface area contributed by atoms with Gasteiger partial charge in [0.1, 0.15) is 6.04 Å². The van der Waals surface area contributed by atoms with Crippen molar-refractivity contribution in [3.8, 4) is 0 Å². The van der Waals surface area contributed by atoms with E-state index in [0.717, 1.165) is 16.0 Å². The van der Waals surface area contributed by atoms with Gasteiger partial charge in [0.25, 0.3) is 0 Å². The second-order valence-corrected chi connectivity index (χ2v) is 9.13. The minimum Gasteiger partial charge on any atom is -0.461 e. The molecule has 164 valence electrons. The summed E-state index contributed by atoms with van der Waals surface area (Å²) in [5.74, 6) is -2.73. The van der Waals surface area contributed by atoms with Crippen LogP contribution in [0.4, 0.5) is 5.69 Å². The summed E-state index contributed by atoms with van der Waals surface area (Å²) >= 11 is 12.5. The lowest BCUT2D eigenvalue weighted by molar-refractivity contribution is -0.123. The van der Waals surface area contributed by atoms with Crippen LogP contribution in [0.3, 0.4) is 0 Å². The maximum Gasteiger partial charge on any atom is 0.240 e. The molecule has 0 spiro atoms. The molecule has 3 aliphatic rings. The number of hydrogen-bond acceptors (Lipinski definition) is 5. The topological polar surface area (TPSA) is 70.8 Å². The van der Waals surface area contributed by atoms with Crippen molar-refractivity contribution in [3.05, 3.63) is 94.0 Å². The second-order valence-electron chi connectivity index (χ2n) is 8.28. The van der Waals surface area contributed by atoms with E-state index in [-0.39, 0.29) is 22.3 Å². The number of rotatable bonds is 3. The summed E-state index contributed by atoms with van der Waals surface area (Å²) in [5.41, 5.74) is 2.07. The first-order valence-electron chi connectivity index (χ1n) is 10.4. The molecule has 4 atom stereocenters. The van der Waals surface area contributed by atoms with Crippen LogP contribution in [0.1, 0.15) is 27.7 Å². The molecule has 1 unspecified atom stereocenters. The number of carbonyl (C=O) groups is 3. The average molecular weight is 479 g/mol. The summed E-state index contributed by atoms with van der Waals surface area (Å²) < 4.78 is 5.37. The standard InChI is InChI=1S/C25H16Cl2N2O4/c26-14-7-8-16(27)17(12-14)29-24(31)19-20(25(29)32)22(23(30)18-6-3-11-33-18)28-10-9-13-4-1-2-5-15(13)21(19)28/h1-12,19-22H/t19-,20+,21?,22-/m0/s1. The number of nitrogens with zero attached hydrogens (tertiary/aromatic N) is 2. The number of halogens is 2. The van der Waals surface area contributed by atoms with Gasteiger partial charge in [-0.25, -0.2) is 4.90 Å². The smallest absolute Gasteiger partial charge is 0.240 e. The first kappa shape index (κ1) is 20.3. The molecule has 2 saturated heterocycles. The van der Waals surface area contributed by atoms with Gasteiger partial charge in [0.15, 0.2) is 5.76 Å². The van der Waals surface area contributed by atoms with Gasteiger partial charge in [0.05, 0.1) is 34.9 Å². The molecule has 6 nitrogen and oxygen atoms in total. The fraction of sp³-hybridized carbons (Fsp3) is 0.160. The van der Waals surface area contributed by atoms with Gasteiger partial charge in [0, 0.05) is 11.2 Å². The third kappa shape index (κ3) is 2.84. The number of amides is 2. The third-order valence-corrected chi connectivity index (χ3v) is 7.20. The normalized spacial score (nSPS) is 25.3. The highest BCUT2D eigenvalue weighted by Gasteiger charge is 2.65. The van der Waals surface area contributed by atoms with Gasteiger partial charge in [-0.3, -0.25) is 14.4 Å². The van der Waals surface area contributed by atoms with Crippen LogP contribution in [0, 0.1) is 11.8 Å². The van der Waals surface area contributed by atoms with Crippen molar-refractivity contribution in [2.75, 3.05) is 4.90 Å². The Bertz CT molecular complexity index is 1350. The van der Waals surface area contributed by atoms with E-state index in [1.54, 1.807) is 30.5 Å². The zero-order valence-corrected chi connectivity index (χ0v) is 18.5. The lowest BCUT2D eigenvalue weighted by atomic mass is 9.84. The Hall–Kier alpha value is -3.35. The van der Waals surface area contributed by atoms with Crippen molar-refractivity contribution in [1.29, 1.82) is 0 Å². The van der Waals surface area contributed by atoms with Gasteiger partial charge in [-0.05, 0) is 47.5 Å². The molecule has 6 rings (SSSR count). The molecule has 33 heavy (non-hydrogen) atoms. The lowest BCUT2D eigenvalue weighted by Crippen LogP contribution is -2.44. The highest BCUT2D eigenvalue weighted by atomic mass is 35.5. The number of hydrogen-bond donors (Lipinski definition) is 0. The number of Topliss-reactive ketones (excluding diaryl/α,β-unsaturated/α-hetero) is 1. The molecule has 3 aromatic rings. The summed E-state index contributed by atoms with van der Waals surface area (Å²) in [7, 11) is 0. The maximum atomic E-state index is 13.8. The fourth-order valence-corrected chi connectivity index (χ4v) is 5.68. The molecule has 4 heterocycles. The molecule has 0 N–H and O–H groups in total. The Morgan fingerprint density at radius 3 is 2.52 bits per heavy atom. The number of carbonyl (C=O) groups excluding carboxylic acids is 3. The van der Waals surface area contributed by atoms with Crippen LogP contribution in [0.2, 0.25) is 10.0 Å². The molecule has 2 aromatic carbocycles. The first-order valence-corrected chi connectivity index (χ1v) is 11.2. The second kappa shape index (κ2) is 7.33. The Kier molecular flexibility index (Phi) is 4.50. The Morgan fingerprint density at radius 1 is 0.939 bits per heavy atom. The average Bonchev–Trinajstić information content (AvgIpc) is 3.52. The number of furan rings is 1. The molecular weight excluding hydrogens is 463 g/mol. The van der Waals surface area contributed by atoms with Crippen molar-refractivity contribution >= 4 is 52.6 Å². The predicted octanol–water partition coefficient (Wildman–Crippen LogP) is 4.98. The van der Waals surface area contributed by atoms with E-state index in [9.17, 15) is 14.4 Å². The van der Waals surface area contributed by atoms with Crippen LogP contribution in [-0.2, 0) is 9.59 Å². The number of imide groups is 1. The van der Waals surface area contributed by atoms with Gasteiger partial charge < -0.3 is 9.32 Å². The number of ketones is 1. The SMILES string of the molecule is O=C(c1ccco1)[C@@H]1[C@@H]2C(=O)N(c3cc(Cl)ccc3Cl)C(=O)[C@@H]2C2c3ccccc3C=CN21. The van der Waals surface area contributed by atoms with Gasteiger partial charge in [-0.2, -0.15) is 0 Å². The molecule has 3 aliphatic heterocycles. The maximum absolute atomic E-state index is 13.8. The Morgan fingerprint density at radius 2 is 1.73 bits per heavy atom. The summed E-state index contributed by atoms with van der Waals surface area (Å²) in [5, 5.41) is 0.582. The molecule has 1 aromatic heterocycles. The molecule has 0 radical (unpaired) electrons. The van der Waals surface area contributed by atoms with Crippen molar-refractivity contribution < 1.29 is 18.8 Å². The molecule has 2 amide bonds. The van der Waals surface area contributed by atoms with Gasteiger partial charge in [-0.15, -0.1) is 0 Å². The first-order chi connectivity index (χ1) is 16.0. The summed E-state index contributed by atoms with van der Waals surface area (Å²) in [4.78, 5) is 44.0. The van der Waals surface area contributed by atoms with E-state index in [1.807, 2.05) is 35.2 Å². The van der Waals surface area contributed by atoms with E-state index in [0.29, 0.717) is 5.02 Å². The molecule has 8 heteroatoms. The highest BCUT2D eigenvalue weighted by molar-refractivity contribution is 6.38. The van der Waals surface area contributed by atoms with Gasteiger partial charge in [-0.1, -0.05) is 47.5 Å². The van der Waals surface area contributed by atoms with Crippen LogP contribution < -0.4 is 4.90 Å². The van der Waals surface area contributed by atoms with Crippen molar-refractivity contribution in [1.82, 2.24) is 4.90 Å². The molecular formula is C25H16Cl2N2O4. The zero-order chi connectivity index (χ0) is 22.9. The third-order valence-electron chi connectivity index (χ3n) is 6.64. The summed E-state index contributed by atoms with van der Waals surface area (Å²) in [6.45, 7) is 0. The van der Waals surface area contributed by atoms with Crippen molar-refractivity contribution in [3.63, 3.8) is 0 Å². The van der Waals surface area contributed by atoms with Gasteiger partial charge >= 0.3 is 0 Å². The molecule has 0 aliphatic carbocycles. The zero-order valence-electron chi connectivity index (χ0n) is 17.0. The van der Waals surface area contributed by atoms with E-state index in [2.05, 4.69) is 0 Å². The quantitative estimate of drug-likeness (QED) is 0.391. The van der Waals surface area contributed by atoms with E-state index >= 15 is 0 Å². The van der Waals surface area contributed by atoms with Crippen molar-refractivity contribution in [2.24, 2.45) is 11.8 Å². The van der Waals surface area contributed by atoms with Crippen LogP contribution in [0.15, 0.2) is 71.5 Å². The fourth-order valence-electron chi connectivity index (χ4n) is 5.32. The molecule has 0 saturated carbocycles. The van der Waals surface area contributed by atoms with Crippen LogP contribution in [-0.4, -0.2) is 28.5 Å². The monoisotopic (exact) mass is 478 g/mol. The molecule has 2 fully saturated rings. The largest absolute Gasteiger partial charge is 0.461 e. The Labute approximate surface area is 199 Å². The van der Waals surface area contributed by atoms with Crippen LogP contribution in [0.5, 0.6) is 0 Å². The predicted molar refractivity (Wildman–Crippen MR) is 123 cm³/mol. The Balaban J connectivity index is 1.52. The van der Waals surface area contributed by atoms with E-state index < -0.39 is 35.7 Å². The summed E-state index contributed by atoms with van der Waals surface area (Å²) in [6, 6.07) is 14.1. The van der Waals surface area contributed by atoms with Crippen LogP contribution in [0.25, 0.3) is 6.08 Å². The van der Waals surface area contributed by atoms with Crippen LogP contribution >= 0.6 is 23.2 Å². The minimum atomic E-state index is -0.897. The lowest BCUT2D eigenvalue weighted by Gasteiger charge is -2.35. The highest BCUT2D eigenvalue weighted by Crippen LogP contribution is 2.54. The number of benzene rings is 2. The molecule has 0 bridgehead atoms. The van der Waals surface area contributed by atoms with E-state index in [1.165, 1.54) is 12.3 Å². The van der Waals surface area contributed by atoms with Crippen molar-refractivity contribution in [2.45, 2.75) is 12.1 Å². The number of anilines is 1. The van der Waals surface area contributed by atoms with Gasteiger partial charge in [0.2, 0.25) is 17.6 Å².